The second kappa shape index (κ2) is 4.48. The van der Waals surface area contributed by atoms with Gasteiger partial charge in [-0.05, 0) is 0 Å². The van der Waals surface area contributed by atoms with E-state index in [0.717, 1.165) is 0 Å². The Labute approximate surface area is 103 Å². The van der Waals surface area contributed by atoms with Gasteiger partial charge in [-0.1, -0.05) is 0 Å². The molecule has 4 fully saturated rings. The fourth-order valence-electron chi connectivity index (χ4n) is 0.998. The van der Waals surface area contributed by atoms with E-state index in [4.69, 9.17) is 22.9 Å². The van der Waals surface area contributed by atoms with E-state index >= 15 is 0 Å². The molecule has 4 bridgehead atoms. The Hall–Kier alpha value is 1.00. The predicted octanol–water partition coefficient (Wildman–Crippen LogP) is -6.57. The molecule has 4 aliphatic heterocycles. The van der Waals surface area contributed by atoms with Gasteiger partial charge in [0, 0.05) is 0 Å². The molecule has 0 unspecified atom stereocenters. The van der Waals surface area contributed by atoms with E-state index in [1.165, 1.54) is 0 Å². The zero-order chi connectivity index (χ0) is 8.84. The minimum absolute atomic E-state index is 0. The van der Waals surface area contributed by atoms with E-state index in [-0.39, 0.29) is 29.6 Å². The van der Waals surface area contributed by atoms with Gasteiger partial charge in [-0.25, -0.2) is 0 Å². The normalized spacial score (nSPS) is 25.1. The Kier molecular flexibility index (Phi) is 3.67. The minimum atomic E-state index is -1.69. The summed E-state index contributed by atoms with van der Waals surface area (Å²) >= 11 is 0. The van der Waals surface area contributed by atoms with E-state index in [1.807, 2.05) is 0 Å². The van der Waals surface area contributed by atoms with Crippen molar-refractivity contribution < 1.29 is 66.6 Å². The van der Waals surface area contributed by atoms with Gasteiger partial charge in [0.2, 0.25) is 0 Å². The second-order valence-corrected chi connectivity index (χ2v) is 2.40. The largest absolute Gasteiger partial charge is 1.00 e. The molecule has 0 atom stereocenters. The quantitative estimate of drug-likeness (QED) is 0.357. The Morgan fingerprint density at radius 3 is 1.21 bits per heavy atom. The average Bonchev–Trinajstić information content (AvgIpc) is 1.96. The Balaban J connectivity index is 0.000000750. The summed E-state index contributed by atoms with van der Waals surface area (Å²) in [4.78, 5) is 0. The van der Waals surface area contributed by atoms with E-state index < -0.39 is 36.6 Å². The summed E-state index contributed by atoms with van der Waals surface area (Å²) in [6.07, 6.45) is 0. The smallest absolute Gasteiger partial charge is 0.833 e. The average molecular weight is 201 g/mol. The van der Waals surface area contributed by atoms with Crippen molar-refractivity contribution in [3.8, 4) is 0 Å². The van der Waals surface area contributed by atoms with Crippen LogP contribution >= 0.6 is 0 Å². The summed E-state index contributed by atoms with van der Waals surface area (Å²) in [6.45, 7) is 0. The van der Waals surface area contributed by atoms with Gasteiger partial charge in [-0.2, -0.15) is 0 Å². The van der Waals surface area contributed by atoms with Gasteiger partial charge in [0.25, 0.3) is 0 Å². The minimum Gasteiger partial charge on any atom is -0.833 e. The standard InChI is InChI=1S/B5O8.Na/c6-1-7-2-9-3(8-1)11-5-12-4(10-2)13-5;/q-1;+1/i1-1,2-1,3-1,4-1,5-1;. The molecule has 14 heavy (non-hydrogen) atoms. The first-order chi connectivity index (χ1) is 6.29. The maximum Gasteiger partial charge on any atom is 1.00 e. The summed E-state index contributed by atoms with van der Waals surface area (Å²) in [5.41, 5.74) is 0. The van der Waals surface area contributed by atoms with Crippen molar-refractivity contribution in [2.75, 3.05) is 0 Å². The molecule has 4 aliphatic rings. The van der Waals surface area contributed by atoms with E-state index in [9.17, 15) is 5.02 Å². The second-order valence-electron chi connectivity index (χ2n) is 2.40. The van der Waals surface area contributed by atoms with Crippen LogP contribution in [-0.2, 0) is 32.0 Å². The third kappa shape index (κ3) is 2.23. The maximum absolute atomic E-state index is 10.8. The SMILES string of the molecule is [Na+].[O-][10B]1O[10B]2O[10B](O1)O[10B]1O[10B](O2)O1. The van der Waals surface area contributed by atoms with Crippen LogP contribution in [0, 0.1) is 0 Å². The molecule has 64 valence electrons. The van der Waals surface area contributed by atoms with Crippen molar-refractivity contribution in [2.45, 2.75) is 0 Å². The molecule has 0 saturated carbocycles. The molecule has 0 aromatic heterocycles. The Morgan fingerprint density at radius 1 is 0.571 bits per heavy atom. The first-order valence-electron chi connectivity index (χ1n) is 3.54. The van der Waals surface area contributed by atoms with Crippen LogP contribution in [0.4, 0.5) is 0 Å². The third-order valence-electron chi connectivity index (χ3n) is 1.56. The predicted molar refractivity (Wildman–Crippen MR) is 36.4 cm³/mol. The van der Waals surface area contributed by atoms with Crippen molar-refractivity contribution in [1.82, 2.24) is 0 Å². The summed E-state index contributed by atoms with van der Waals surface area (Å²) in [5, 5.41) is 10.8. The third-order valence-corrected chi connectivity index (χ3v) is 1.56. The Morgan fingerprint density at radius 2 is 0.857 bits per heavy atom. The van der Waals surface area contributed by atoms with Crippen molar-refractivity contribution in [3.05, 3.63) is 0 Å². The van der Waals surface area contributed by atoms with E-state index in [1.54, 1.807) is 0 Å². The van der Waals surface area contributed by atoms with Crippen molar-refractivity contribution in [1.29, 1.82) is 0 Å². The zero-order valence-electron chi connectivity index (χ0n) is 7.15. The number of hydrogen-bond donors (Lipinski definition) is 0. The van der Waals surface area contributed by atoms with Crippen LogP contribution in [0.1, 0.15) is 0 Å². The topological polar surface area (TPSA) is 87.7 Å². The van der Waals surface area contributed by atoms with Crippen molar-refractivity contribution >= 4 is 36.6 Å². The van der Waals surface area contributed by atoms with Crippen LogP contribution in [0.5, 0.6) is 0 Å². The fraction of sp³-hybridized carbons (Fsp3) is 0. The summed E-state index contributed by atoms with van der Waals surface area (Å²) in [6, 6.07) is 0. The molecule has 0 aliphatic carbocycles. The molecular weight excluding hydrogens is 201 g/mol. The molecule has 8 nitrogen and oxygen atoms in total. The fourth-order valence-corrected chi connectivity index (χ4v) is 0.998. The first-order valence-corrected chi connectivity index (χ1v) is 3.54. The molecule has 0 radical (unpaired) electrons. The van der Waals surface area contributed by atoms with Crippen LogP contribution in [0.2, 0.25) is 0 Å². The summed E-state index contributed by atoms with van der Waals surface area (Å²) < 4.78 is 33.3. The van der Waals surface area contributed by atoms with Crippen LogP contribution < -0.4 is 34.6 Å². The molecule has 4 saturated heterocycles. The molecule has 4 heterocycles. The van der Waals surface area contributed by atoms with Crippen molar-refractivity contribution in [2.24, 2.45) is 0 Å². The first kappa shape index (κ1) is 11.5. The summed E-state index contributed by atoms with van der Waals surface area (Å²) in [7, 11) is -5.90. The van der Waals surface area contributed by atoms with Gasteiger partial charge in [0.05, 0.1) is 0 Å². The molecular formula is B5NaO8. The number of hydrogen-bond acceptors (Lipinski definition) is 8. The van der Waals surface area contributed by atoms with Crippen LogP contribution in [0.25, 0.3) is 0 Å². The van der Waals surface area contributed by atoms with E-state index in [0.29, 0.717) is 0 Å². The van der Waals surface area contributed by atoms with Crippen LogP contribution in [0.3, 0.4) is 0 Å². The van der Waals surface area contributed by atoms with Gasteiger partial charge >= 0.3 is 66.2 Å². The van der Waals surface area contributed by atoms with E-state index in [2.05, 4.69) is 9.14 Å². The molecule has 14 heteroatoms. The van der Waals surface area contributed by atoms with Crippen LogP contribution in [0.15, 0.2) is 0 Å². The Bertz CT molecular complexity index is 186. The van der Waals surface area contributed by atoms with Gasteiger partial charge < -0.3 is 37.0 Å². The molecule has 0 aromatic carbocycles. The molecule has 0 spiro atoms. The van der Waals surface area contributed by atoms with Gasteiger partial charge in [0.1, 0.15) is 0 Å². The molecule has 0 amide bonds. The molecule has 0 aromatic rings. The van der Waals surface area contributed by atoms with Gasteiger partial charge in [-0.15, -0.1) is 0 Å². The monoisotopic (exact) mass is 201 g/mol. The molecule has 4 rings (SSSR count). The summed E-state index contributed by atoms with van der Waals surface area (Å²) in [5.74, 6) is 0. The number of rotatable bonds is 0. The zero-order valence-corrected chi connectivity index (χ0v) is 9.15. The van der Waals surface area contributed by atoms with Gasteiger partial charge in [0.15, 0.2) is 0 Å². The van der Waals surface area contributed by atoms with Crippen LogP contribution in [-0.4, -0.2) is 36.6 Å². The molecule has 0 N–H and O–H groups in total. The van der Waals surface area contributed by atoms with Crippen molar-refractivity contribution in [3.63, 3.8) is 0 Å². The van der Waals surface area contributed by atoms with Gasteiger partial charge in [-0.3, -0.25) is 0 Å². The maximum atomic E-state index is 10.8.